The van der Waals surface area contributed by atoms with Crippen molar-refractivity contribution < 1.29 is 23.0 Å². The Morgan fingerprint density at radius 2 is 2.02 bits per heavy atom. The van der Waals surface area contributed by atoms with E-state index in [4.69, 9.17) is 9.47 Å². The Hall–Kier alpha value is -3.77. The van der Waals surface area contributed by atoms with Gasteiger partial charge in [0, 0.05) is 54.8 Å². The van der Waals surface area contributed by atoms with Gasteiger partial charge in [0.25, 0.3) is 0 Å². The van der Waals surface area contributed by atoms with Crippen LogP contribution in [0.1, 0.15) is 17.5 Å². The number of halogens is 2. The molecule has 1 fully saturated rings. The van der Waals surface area contributed by atoms with Gasteiger partial charge in [-0.2, -0.15) is 0 Å². The number of amides is 1. The number of hydrogen-bond donors (Lipinski definition) is 2. The van der Waals surface area contributed by atoms with E-state index >= 15 is 4.39 Å². The van der Waals surface area contributed by atoms with Crippen LogP contribution in [0.2, 0.25) is 0 Å². The van der Waals surface area contributed by atoms with Gasteiger partial charge in [-0.3, -0.25) is 4.79 Å². The average Bonchev–Trinajstić information content (AvgIpc) is 3.67. The number of carbonyl (C=O) groups excluding carboxylic acids is 1. The smallest absolute Gasteiger partial charge is 0.246 e. The number of hydrogen-bond acceptors (Lipinski definition) is 8. The van der Waals surface area contributed by atoms with Gasteiger partial charge < -0.3 is 25.0 Å². The van der Waals surface area contributed by atoms with Crippen molar-refractivity contribution in [3.8, 4) is 28.3 Å². The molecule has 0 spiro atoms. The third-order valence-electron chi connectivity index (χ3n) is 7.85. The number of rotatable bonds is 11. The molecule has 0 aliphatic carbocycles. The molecule has 4 heterocycles. The van der Waals surface area contributed by atoms with Crippen LogP contribution in [-0.4, -0.2) is 73.0 Å². The quantitative estimate of drug-likeness (QED) is 0.189. The molecule has 224 valence electrons. The van der Waals surface area contributed by atoms with Crippen molar-refractivity contribution >= 4 is 27.3 Å². The highest BCUT2D eigenvalue weighted by molar-refractivity contribution is 7.17. The molecule has 11 heteroatoms. The second kappa shape index (κ2) is 13.3. The van der Waals surface area contributed by atoms with Gasteiger partial charge in [-0.25, -0.2) is 8.78 Å². The van der Waals surface area contributed by atoms with Gasteiger partial charge in [0.15, 0.2) is 0 Å². The average molecular weight is 606 g/mol. The van der Waals surface area contributed by atoms with Crippen LogP contribution in [0.5, 0.6) is 5.75 Å². The van der Waals surface area contributed by atoms with E-state index in [0.29, 0.717) is 53.3 Å². The molecule has 1 unspecified atom stereocenters. The molecule has 4 aromatic rings. The SMILES string of the molecule is C=CC(=O)N1CCC(NCCOCCOc2cc(F)ccc2-c2nnc(-c3ccc4c(c3)CCNC4)c3c(F)csc23)C1. The zero-order valence-electron chi connectivity index (χ0n) is 23.7. The highest BCUT2D eigenvalue weighted by Gasteiger charge is 2.24. The number of benzene rings is 2. The number of likely N-dealkylation sites (tertiary alicyclic amines) is 1. The number of thiophene rings is 1. The van der Waals surface area contributed by atoms with Crippen molar-refractivity contribution in [1.82, 2.24) is 25.7 Å². The molecule has 2 N–H and O–H groups in total. The third kappa shape index (κ3) is 6.45. The first-order chi connectivity index (χ1) is 21.0. The summed E-state index contributed by atoms with van der Waals surface area (Å²) in [4.78, 5) is 13.5. The molecule has 0 bridgehead atoms. The maximum Gasteiger partial charge on any atom is 0.246 e. The molecule has 1 saturated heterocycles. The van der Waals surface area contributed by atoms with E-state index in [-0.39, 0.29) is 30.1 Å². The molecule has 1 atom stereocenters. The molecule has 8 nitrogen and oxygen atoms in total. The maximum atomic E-state index is 15.2. The molecular weight excluding hydrogens is 572 g/mol. The fourth-order valence-electron chi connectivity index (χ4n) is 5.65. The van der Waals surface area contributed by atoms with E-state index in [1.165, 1.54) is 46.1 Å². The lowest BCUT2D eigenvalue weighted by Crippen LogP contribution is -2.36. The molecule has 6 rings (SSSR count). The number of carbonyl (C=O) groups is 1. The van der Waals surface area contributed by atoms with Crippen LogP contribution in [0.3, 0.4) is 0 Å². The first-order valence-electron chi connectivity index (χ1n) is 14.4. The summed E-state index contributed by atoms with van der Waals surface area (Å²) in [7, 11) is 0. The largest absolute Gasteiger partial charge is 0.490 e. The standard InChI is InChI=1S/C32H33F2N5O3S/c1-2-28(40)39-11-8-24(18-39)36-10-12-41-13-14-42-27-16-23(33)5-6-25(27)31-32-29(26(34)19-43-32)30(37-38-31)21-3-4-22-17-35-9-7-20(22)15-21/h2-6,15-16,19,24,35-36H,1,7-14,17-18H2. The summed E-state index contributed by atoms with van der Waals surface area (Å²) in [5.74, 6) is -0.576. The molecule has 2 aromatic carbocycles. The topological polar surface area (TPSA) is 88.6 Å². The number of fused-ring (bicyclic) bond motifs is 2. The minimum atomic E-state index is -0.453. The number of aromatic nitrogens is 2. The molecule has 2 aliphatic heterocycles. The van der Waals surface area contributed by atoms with Crippen LogP contribution in [0.4, 0.5) is 8.78 Å². The van der Waals surface area contributed by atoms with Crippen LogP contribution >= 0.6 is 11.3 Å². The van der Waals surface area contributed by atoms with Crippen molar-refractivity contribution in [1.29, 1.82) is 0 Å². The highest BCUT2D eigenvalue weighted by atomic mass is 32.1. The summed E-state index contributed by atoms with van der Waals surface area (Å²) in [6.07, 6.45) is 3.13. The van der Waals surface area contributed by atoms with Crippen LogP contribution in [0.25, 0.3) is 32.6 Å². The number of nitrogens with zero attached hydrogens (tertiary/aromatic N) is 3. The number of nitrogens with one attached hydrogen (secondary N) is 2. The first-order valence-corrected chi connectivity index (χ1v) is 15.3. The molecule has 43 heavy (non-hydrogen) atoms. The van der Waals surface area contributed by atoms with Crippen molar-refractivity contribution in [2.75, 3.05) is 46.0 Å². The van der Waals surface area contributed by atoms with E-state index in [9.17, 15) is 9.18 Å². The highest BCUT2D eigenvalue weighted by Crippen LogP contribution is 2.41. The molecular formula is C32H33F2N5O3S. The lowest BCUT2D eigenvalue weighted by atomic mass is 9.96. The van der Waals surface area contributed by atoms with E-state index in [1.54, 1.807) is 11.0 Å². The Labute approximate surface area is 252 Å². The van der Waals surface area contributed by atoms with Gasteiger partial charge in [-0.1, -0.05) is 18.7 Å². The molecule has 2 aromatic heterocycles. The summed E-state index contributed by atoms with van der Waals surface area (Å²) >= 11 is 1.24. The van der Waals surface area contributed by atoms with Crippen molar-refractivity contribution in [3.05, 3.63) is 77.2 Å². The Morgan fingerprint density at radius 3 is 2.91 bits per heavy atom. The van der Waals surface area contributed by atoms with E-state index < -0.39 is 5.82 Å². The van der Waals surface area contributed by atoms with Crippen molar-refractivity contribution in [2.24, 2.45) is 0 Å². The maximum absolute atomic E-state index is 15.2. The summed E-state index contributed by atoms with van der Waals surface area (Å²) in [6.45, 7) is 8.22. The summed E-state index contributed by atoms with van der Waals surface area (Å²) in [5.41, 5.74) is 4.74. The monoisotopic (exact) mass is 605 g/mol. The van der Waals surface area contributed by atoms with Crippen molar-refractivity contribution in [3.63, 3.8) is 0 Å². The van der Waals surface area contributed by atoms with Gasteiger partial charge in [-0.05, 0) is 54.8 Å². The minimum absolute atomic E-state index is 0.0475. The summed E-state index contributed by atoms with van der Waals surface area (Å²) < 4.78 is 41.8. The Morgan fingerprint density at radius 1 is 1.14 bits per heavy atom. The summed E-state index contributed by atoms with van der Waals surface area (Å²) in [6, 6.07) is 10.5. The van der Waals surface area contributed by atoms with Gasteiger partial charge in [-0.15, -0.1) is 21.5 Å². The second-order valence-corrected chi connectivity index (χ2v) is 11.5. The Balaban J connectivity index is 1.11. The van der Waals surface area contributed by atoms with Gasteiger partial charge in [0.2, 0.25) is 5.91 Å². The van der Waals surface area contributed by atoms with Gasteiger partial charge in [0.05, 0.1) is 23.3 Å². The normalized spacial score (nSPS) is 16.4. The zero-order valence-corrected chi connectivity index (χ0v) is 24.5. The molecule has 0 radical (unpaired) electrons. The van der Waals surface area contributed by atoms with Crippen LogP contribution in [-0.2, 0) is 22.5 Å². The summed E-state index contributed by atoms with van der Waals surface area (Å²) in [5, 5.41) is 17.6. The van der Waals surface area contributed by atoms with Crippen LogP contribution in [0, 0.1) is 11.6 Å². The molecule has 0 saturated carbocycles. The van der Waals surface area contributed by atoms with E-state index in [0.717, 1.165) is 38.0 Å². The lowest BCUT2D eigenvalue weighted by molar-refractivity contribution is -0.125. The zero-order chi connectivity index (χ0) is 29.8. The van der Waals surface area contributed by atoms with E-state index in [1.807, 2.05) is 6.07 Å². The Kier molecular flexibility index (Phi) is 9.03. The van der Waals surface area contributed by atoms with E-state index in [2.05, 4.69) is 39.5 Å². The third-order valence-corrected chi connectivity index (χ3v) is 8.81. The predicted octanol–water partition coefficient (Wildman–Crippen LogP) is 4.72. The van der Waals surface area contributed by atoms with Crippen molar-refractivity contribution in [2.45, 2.75) is 25.4 Å². The predicted molar refractivity (Wildman–Crippen MR) is 163 cm³/mol. The van der Waals surface area contributed by atoms with Gasteiger partial charge >= 0.3 is 0 Å². The van der Waals surface area contributed by atoms with Crippen LogP contribution < -0.4 is 15.4 Å². The molecule has 1 amide bonds. The lowest BCUT2D eigenvalue weighted by Gasteiger charge is -2.18. The fraction of sp³-hybridized carbons (Fsp3) is 0.344. The van der Waals surface area contributed by atoms with Gasteiger partial charge in [0.1, 0.15) is 35.4 Å². The van der Waals surface area contributed by atoms with Crippen LogP contribution in [0.15, 0.2) is 54.4 Å². The minimum Gasteiger partial charge on any atom is -0.490 e. The fourth-order valence-corrected chi connectivity index (χ4v) is 6.56. The second-order valence-electron chi connectivity index (χ2n) is 10.6. The number of ether oxygens (including phenoxy) is 2. The molecule has 2 aliphatic rings. The Bertz CT molecular complexity index is 1650. The first kappa shape index (κ1) is 29.3.